The Morgan fingerprint density at radius 1 is 1.32 bits per heavy atom. The molecule has 1 atom stereocenters. The van der Waals surface area contributed by atoms with Crippen LogP contribution >= 0.6 is 0 Å². The quantitative estimate of drug-likeness (QED) is 0.641. The molecule has 8 nitrogen and oxygen atoms in total. The van der Waals surface area contributed by atoms with Crippen LogP contribution in [0, 0.1) is 11.3 Å². The van der Waals surface area contributed by atoms with E-state index in [1.807, 2.05) is 10.9 Å². The van der Waals surface area contributed by atoms with Gasteiger partial charge >= 0.3 is 0 Å². The molecule has 0 bridgehead atoms. The van der Waals surface area contributed by atoms with Crippen LogP contribution in [0.5, 0.6) is 0 Å². The Balaban J connectivity index is 1.84. The lowest BCUT2D eigenvalue weighted by Crippen LogP contribution is -2.16. The molecule has 4 rings (SSSR count). The largest absolute Gasteiger partial charge is 0.357 e. The summed E-state index contributed by atoms with van der Waals surface area (Å²) in [7, 11) is 1.74. The fraction of sp³-hybridized carbons (Fsp3) is 0.350. The zero-order chi connectivity index (χ0) is 19.7. The number of carbonyl (C=O) groups is 1. The van der Waals surface area contributed by atoms with Crippen molar-refractivity contribution in [1.29, 1.82) is 5.26 Å². The number of hydrogen-bond acceptors (Lipinski definition) is 6. The SMILES string of the molecule is CCCCCn1cc2c(C3C(=O)Nc4ccc(C#N)cc43)nc(NC)nc2n1. The Kier molecular flexibility index (Phi) is 4.65. The molecule has 1 aliphatic rings. The fourth-order valence-corrected chi connectivity index (χ4v) is 3.55. The van der Waals surface area contributed by atoms with E-state index in [1.54, 1.807) is 25.2 Å². The molecule has 2 N–H and O–H groups in total. The van der Waals surface area contributed by atoms with Crippen LogP contribution in [-0.2, 0) is 11.3 Å². The van der Waals surface area contributed by atoms with Crippen molar-refractivity contribution in [2.75, 3.05) is 17.7 Å². The van der Waals surface area contributed by atoms with Crippen LogP contribution in [0.25, 0.3) is 11.0 Å². The minimum Gasteiger partial charge on any atom is -0.357 e. The number of benzene rings is 1. The van der Waals surface area contributed by atoms with E-state index in [-0.39, 0.29) is 5.91 Å². The van der Waals surface area contributed by atoms with Crippen LogP contribution in [-0.4, -0.2) is 32.7 Å². The minimum absolute atomic E-state index is 0.161. The fourth-order valence-electron chi connectivity index (χ4n) is 3.55. The number of nitrogens with zero attached hydrogens (tertiary/aromatic N) is 5. The van der Waals surface area contributed by atoms with Gasteiger partial charge < -0.3 is 10.6 Å². The molecular formula is C20H21N7O. The topological polar surface area (TPSA) is 109 Å². The minimum atomic E-state index is -0.603. The molecule has 142 valence electrons. The molecule has 1 unspecified atom stereocenters. The summed E-state index contributed by atoms with van der Waals surface area (Å²) in [5.41, 5.74) is 3.13. The van der Waals surface area contributed by atoms with Gasteiger partial charge in [-0.2, -0.15) is 15.3 Å². The summed E-state index contributed by atoms with van der Waals surface area (Å²) >= 11 is 0. The monoisotopic (exact) mass is 375 g/mol. The van der Waals surface area contributed by atoms with Gasteiger partial charge in [-0.15, -0.1) is 0 Å². The second kappa shape index (κ2) is 7.27. The van der Waals surface area contributed by atoms with Gasteiger partial charge in [0.1, 0.15) is 5.92 Å². The van der Waals surface area contributed by atoms with Crippen molar-refractivity contribution in [2.45, 2.75) is 38.6 Å². The van der Waals surface area contributed by atoms with Gasteiger partial charge in [-0.3, -0.25) is 9.48 Å². The summed E-state index contributed by atoms with van der Waals surface area (Å²) in [6.07, 6.45) is 5.21. The number of nitriles is 1. The first-order chi connectivity index (χ1) is 13.6. The number of aromatic nitrogens is 4. The highest BCUT2D eigenvalue weighted by Gasteiger charge is 2.35. The molecule has 0 fully saturated rings. The van der Waals surface area contributed by atoms with Crippen LogP contribution in [0.1, 0.15) is 48.9 Å². The lowest BCUT2D eigenvalue weighted by Gasteiger charge is -2.11. The average molecular weight is 375 g/mol. The molecular weight excluding hydrogens is 354 g/mol. The second-order valence-corrected chi connectivity index (χ2v) is 6.86. The Bertz CT molecular complexity index is 1100. The molecule has 0 aliphatic carbocycles. The third-order valence-corrected chi connectivity index (χ3v) is 4.96. The number of fused-ring (bicyclic) bond motifs is 2. The van der Waals surface area contributed by atoms with Crippen LogP contribution in [0.15, 0.2) is 24.4 Å². The average Bonchev–Trinajstić information content (AvgIpc) is 3.26. The highest BCUT2D eigenvalue weighted by Crippen LogP contribution is 2.39. The van der Waals surface area contributed by atoms with Crippen LogP contribution < -0.4 is 10.6 Å². The van der Waals surface area contributed by atoms with Gasteiger partial charge in [-0.1, -0.05) is 19.8 Å². The van der Waals surface area contributed by atoms with Gasteiger partial charge in [0.05, 0.1) is 22.7 Å². The molecule has 0 saturated carbocycles. The Labute approximate surface area is 162 Å². The zero-order valence-corrected chi connectivity index (χ0v) is 15.9. The molecule has 1 aliphatic heterocycles. The van der Waals surface area contributed by atoms with Gasteiger partial charge in [0.2, 0.25) is 11.9 Å². The lowest BCUT2D eigenvalue weighted by atomic mass is 9.94. The van der Waals surface area contributed by atoms with E-state index in [0.29, 0.717) is 28.5 Å². The first-order valence-corrected chi connectivity index (χ1v) is 9.42. The normalized spacial score (nSPS) is 15.3. The van der Waals surface area contributed by atoms with Crippen LogP contribution in [0.2, 0.25) is 0 Å². The van der Waals surface area contributed by atoms with Crippen molar-refractivity contribution in [3.05, 3.63) is 41.2 Å². The number of unbranched alkanes of at least 4 members (excludes halogenated alkanes) is 2. The van der Waals surface area contributed by atoms with Crippen molar-refractivity contribution in [3.63, 3.8) is 0 Å². The first kappa shape index (κ1) is 17.9. The van der Waals surface area contributed by atoms with E-state index in [4.69, 9.17) is 0 Å². The van der Waals surface area contributed by atoms with E-state index in [0.717, 1.165) is 36.8 Å². The number of aryl methyl sites for hydroxylation is 1. The number of nitrogens with one attached hydrogen (secondary N) is 2. The maximum Gasteiger partial charge on any atom is 0.238 e. The second-order valence-electron chi connectivity index (χ2n) is 6.86. The summed E-state index contributed by atoms with van der Waals surface area (Å²) in [6, 6.07) is 7.34. The molecule has 0 saturated heterocycles. The van der Waals surface area contributed by atoms with Crippen molar-refractivity contribution in [1.82, 2.24) is 19.7 Å². The molecule has 2 aromatic heterocycles. The van der Waals surface area contributed by atoms with Crippen molar-refractivity contribution in [3.8, 4) is 6.07 Å². The van der Waals surface area contributed by atoms with Gasteiger partial charge in [-0.25, -0.2) is 4.98 Å². The van der Waals surface area contributed by atoms with E-state index in [1.165, 1.54) is 0 Å². The Morgan fingerprint density at radius 2 is 2.18 bits per heavy atom. The number of rotatable bonds is 6. The lowest BCUT2D eigenvalue weighted by molar-refractivity contribution is -0.116. The molecule has 0 radical (unpaired) electrons. The molecule has 0 spiro atoms. The number of carbonyl (C=O) groups excluding carboxylic acids is 1. The van der Waals surface area contributed by atoms with Gasteiger partial charge in [0, 0.05) is 25.5 Å². The molecule has 3 heterocycles. The van der Waals surface area contributed by atoms with Crippen LogP contribution in [0.4, 0.5) is 11.6 Å². The standard InChI is InChI=1S/C20H21N7O/c1-3-4-5-8-27-11-14-17(24-20(22-2)25-18(14)26-27)16-13-9-12(10-21)6-7-15(13)23-19(16)28/h6-7,9,11,16H,3-5,8H2,1-2H3,(H,23,28)(H,22,25,26). The maximum absolute atomic E-state index is 12.8. The molecule has 1 amide bonds. The first-order valence-electron chi connectivity index (χ1n) is 9.42. The highest BCUT2D eigenvalue weighted by molar-refractivity contribution is 6.06. The van der Waals surface area contributed by atoms with Crippen molar-refractivity contribution < 1.29 is 4.79 Å². The Hall–Kier alpha value is -3.47. The van der Waals surface area contributed by atoms with E-state index >= 15 is 0 Å². The molecule has 8 heteroatoms. The van der Waals surface area contributed by atoms with Crippen molar-refractivity contribution in [2.24, 2.45) is 0 Å². The predicted octanol–water partition coefficient (Wildman–Crippen LogP) is 3.01. The number of anilines is 2. The summed E-state index contributed by atoms with van der Waals surface area (Å²) < 4.78 is 1.87. The van der Waals surface area contributed by atoms with Crippen molar-refractivity contribution >= 4 is 28.6 Å². The van der Waals surface area contributed by atoms with E-state index in [2.05, 4.69) is 38.7 Å². The number of amides is 1. The molecule has 1 aromatic carbocycles. The van der Waals surface area contributed by atoms with Gasteiger partial charge in [0.15, 0.2) is 5.65 Å². The zero-order valence-electron chi connectivity index (χ0n) is 15.9. The summed E-state index contributed by atoms with van der Waals surface area (Å²) in [6.45, 7) is 2.96. The van der Waals surface area contributed by atoms with Crippen LogP contribution in [0.3, 0.4) is 0 Å². The van der Waals surface area contributed by atoms with E-state index in [9.17, 15) is 10.1 Å². The molecule has 3 aromatic rings. The van der Waals surface area contributed by atoms with Gasteiger partial charge in [0.25, 0.3) is 0 Å². The summed E-state index contributed by atoms with van der Waals surface area (Å²) in [5.74, 6) is -0.348. The third kappa shape index (κ3) is 3.05. The highest BCUT2D eigenvalue weighted by atomic mass is 16.2. The summed E-state index contributed by atoms with van der Waals surface area (Å²) in [5, 5.41) is 20.4. The van der Waals surface area contributed by atoms with E-state index < -0.39 is 5.92 Å². The molecule has 28 heavy (non-hydrogen) atoms. The smallest absolute Gasteiger partial charge is 0.238 e. The summed E-state index contributed by atoms with van der Waals surface area (Å²) in [4.78, 5) is 21.8. The van der Waals surface area contributed by atoms with Gasteiger partial charge in [-0.05, 0) is 30.2 Å². The maximum atomic E-state index is 12.8. The third-order valence-electron chi connectivity index (χ3n) is 4.96. The predicted molar refractivity (Wildman–Crippen MR) is 106 cm³/mol. The Morgan fingerprint density at radius 3 is 2.93 bits per heavy atom. The number of hydrogen-bond donors (Lipinski definition) is 2.